The third-order valence-corrected chi connectivity index (χ3v) is 3.10. The Kier molecular flexibility index (Phi) is 7.17. The molecular weight excluding hydrogens is 238 g/mol. The van der Waals surface area contributed by atoms with E-state index in [2.05, 4.69) is 46.0 Å². The molecule has 3 heteroatoms. The molecule has 0 bridgehead atoms. The summed E-state index contributed by atoms with van der Waals surface area (Å²) in [4.78, 5) is 0. The summed E-state index contributed by atoms with van der Waals surface area (Å²) in [6.45, 7) is 13.2. The topological polar surface area (TPSA) is 34.4 Å². The molecule has 0 saturated heterocycles. The van der Waals surface area contributed by atoms with Crippen LogP contribution in [0, 0.1) is 12.8 Å². The fraction of sp³-hybridized carbons (Fsp3) is 0.750. The van der Waals surface area contributed by atoms with Gasteiger partial charge in [0.1, 0.15) is 18.1 Å². The molecule has 0 aliphatic carbocycles. The molecule has 0 aliphatic rings. The molecule has 0 aromatic carbocycles. The van der Waals surface area contributed by atoms with Gasteiger partial charge in [0.2, 0.25) is 0 Å². The summed E-state index contributed by atoms with van der Waals surface area (Å²) in [5.74, 6) is 2.63. The number of rotatable bonds is 9. The maximum Gasteiger partial charge on any atom is 0.130 e. The largest absolute Gasteiger partial charge is 0.462 e. The van der Waals surface area contributed by atoms with Crippen molar-refractivity contribution >= 4 is 0 Å². The van der Waals surface area contributed by atoms with Gasteiger partial charge in [-0.3, -0.25) is 0 Å². The van der Waals surface area contributed by atoms with Gasteiger partial charge < -0.3 is 14.5 Å². The van der Waals surface area contributed by atoms with Crippen LogP contribution in [0.15, 0.2) is 10.5 Å². The second-order valence-corrected chi connectivity index (χ2v) is 5.75. The smallest absolute Gasteiger partial charge is 0.130 e. The normalized spacial score (nSPS) is 13.2. The average molecular weight is 267 g/mol. The summed E-state index contributed by atoms with van der Waals surface area (Å²) in [5.41, 5.74) is 1.21. The van der Waals surface area contributed by atoms with Crippen molar-refractivity contribution in [3.05, 3.63) is 23.2 Å². The zero-order valence-corrected chi connectivity index (χ0v) is 13.1. The Labute approximate surface area is 117 Å². The molecule has 110 valence electrons. The third kappa shape index (κ3) is 6.26. The van der Waals surface area contributed by atoms with Crippen LogP contribution in [0.2, 0.25) is 0 Å². The summed E-state index contributed by atoms with van der Waals surface area (Å²) < 4.78 is 11.6. The van der Waals surface area contributed by atoms with Gasteiger partial charge in [0, 0.05) is 0 Å². The molecule has 1 N–H and O–H groups in total. The SMILES string of the molecule is CCCNCc1oc(COC(C)CC(C)C)cc1C. The van der Waals surface area contributed by atoms with E-state index in [1.54, 1.807) is 0 Å². The first-order valence-electron chi connectivity index (χ1n) is 7.43. The average Bonchev–Trinajstić information content (AvgIpc) is 2.67. The van der Waals surface area contributed by atoms with Crippen LogP contribution >= 0.6 is 0 Å². The molecule has 0 spiro atoms. The molecule has 1 atom stereocenters. The minimum absolute atomic E-state index is 0.284. The molecule has 1 heterocycles. The highest BCUT2D eigenvalue weighted by atomic mass is 16.5. The van der Waals surface area contributed by atoms with E-state index in [0.29, 0.717) is 12.5 Å². The number of hydrogen-bond donors (Lipinski definition) is 1. The zero-order chi connectivity index (χ0) is 14.3. The summed E-state index contributed by atoms with van der Waals surface area (Å²) in [6.07, 6.45) is 2.51. The van der Waals surface area contributed by atoms with Crippen molar-refractivity contribution in [3.8, 4) is 0 Å². The second kappa shape index (κ2) is 8.39. The van der Waals surface area contributed by atoms with Gasteiger partial charge in [0.25, 0.3) is 0 Å². The molecule has 0 radical (unpaired) electrons. The maximum absolute atomic E-state index is 5.83. The first-order valence-corrected chi connectivity index (χ1v) is 7.43. The summed E-state index contributed by atoms with van der Waals surface area (Å²) in [6, 6.07) is 2.09. The summed E-state index contributed by atoms with van der Waals surface area (Å²) in [5, 5.41) is 3.36. The van der Waals surface area contributed by atoms with Crippen molar-refractivity contribution in [2.24, 2.45) is 5.92 Å². The molecule has 19 heavy (non-hydrogen) atoms. The lowest BCUT2D eigenvalue weighted by Crippen LogP contribution is -2.13. The minimum atomic E-state index is 0.284. The highest BCUT2D eigenvalue weighted by Gasteiger charge is 2.10. The first kappa shape index (κ1) is 16.3. The predicted octanol–water partition coefficient (Wildman–Crippen LogP) is 4.04. The van der Waals surface area contributed by atoms with Gasteiger partial charge in [0.15, 0.2) is 0 Å². The van der Waals surface area contributed by atoms with Crippen LogP contribution in [0.3, 0.4) is 0 Å². The summed E-state index contributed by atoms with van der Waals surface area (Å²) in [7, 11) is 0. The Morgan fingerprint density at radius 2 is 2.05 bits per heavy atom. The molecule has 0 amide bonds. The van der Waals surface area contributed by atoms with Gasteiger partial charge in [-0.2, -0.15) is 0 Å². The molecule has 0 fully saturated rings. The Morgan fingerprint density at radius 3 is 2.68 bits per heavy atom. The van der Waals surface area contributed by atoms with E-state index < -0.39 is 0 Å². The third-order valence-electron chi connectivity index (χ3n) is 3.10. The number of furan rings is 1. The molecule has 1 aromatic rings. The van der Waals surface area contributed by atoms with Crippen LogP contribution in [-0.4, -0.2) is 12.6 Å². The highest BCUT2D eigenvalue weighted by Crippen LogP contribution is 2.17. The lowest BCUT2D eigenvalue weighted by molar-refractivity contribution is 0.0298. The second-order valence-electron chi connectivity index (χ2n) is 5.75. The predicted molar refractivity (Wildman–Crippen MR) is 79.1 cm³/mol. The fourth-order valence-electron chi connectivity index (χ4n) is 2.17. The van der Waals surface area contributed by atoms with E-state index in [1.165, 1.54) is 5.56 Å². The fourth-order valence-corrected chi connectivity index (χ4v) is 2.17. The Hall–Kier alpha value is -0.800. The van der Waals surface area contributed by atoms with E-state index in [9.17, 15) is 0 Å². The molecule has 1 aromatic heterocycles. The molecular formula is C16H29NO2. The van der Waals surface area contributed by atoms with E-state index >= 15 is 0 Å². The number of aryl methyl sites for hydroxylation is 1. The van der Waals surface area contributed by atoms with Gasteiger partial charge in [-0.05, 0) is 50.8 Å². The van der Waals surface area contributed by atoms with Crippen LogP contribution < -0.4 is 5.32 Å². The van der Waals surface area contributed by atoms with E-state index in [0.717, 1.165) is 37.5 Å². The van der Waals surface area contributed by atoms with E-state index in [4.69, 9.17) is 9.15 Å². The number of ether oxygens (including phenoxy) is 1. The Balaban J connectivity index is 2.40. The Morgan fingerprint density at radius 1 is 1.32 bits per heavy atom. The monoisotopic (exact) mass is 267 g/mol. The van der Waals surface area contributed by atoms with E-state index in [1.807, 2.05) is 0 Å². The number of hydrogen-bond acceptors (Lipinski definition) is 3. The van der Waals surface area contributed by atoms with Crippen LogP contribution in [0.5, 0.6) is 0 Å². The standard InChI is InChI=1S/C16H29NO2/c1-6-7-17-10-16-13(4)9-15(19-16)11-18-14(5)8-12(2)3/h9,12,14,17H,6-8,10-11H2,1-5H3. The highest BCUT2D eigenvalue weighted by molar-refractivity contribution is 5.19. The van der Waals surface area contributed by atoms with Crippen molar-refractivity contribution in [3.63, 3.8) is 0 Å². The van der Waals surface area contributed by atoms with Crippen LogP contribution in [0.25, 0.3) is 0 Å². The van der Waals surface area contributed by atoms with Crippen molar-refractivity contribution in [1.29, 1.82) is 0 Å². The minimum Gasteiger partial charge on any atom is -0.462 e. The van der Waals surface area contributed by atoms with E-state index in [-0.39, 0.29) is 6.10 Å². The van der Waals surface area contributed by atoms with Crippen LogP contribution in [0.1, 0.15) is 57.6 Å². The van der Waals surface area contributed by atoms with Gasteiger partial charge >= 0.3 is 0 Å². The molecule has 0 saturated carbocycles. The molecule has 1 rings (SSSR count). The van der Waals surface area contributed by atoms with Gasteiger partial charge in [-0.25, -0.2) is 0 Å². The zero-order valence-electron chi connectivity index (χ0n) is 13.1. The lowest BCUT2D eigenvalue weighted by Gasteiger charge is -2.14. The lowest BCUT2D eigenvalue weighted by atomic mass is 10.1. The molecule has 0 aliphatic heterocycles. The van der Waals surface area contributed by atoms with Crippen molar-refractivity contribution in [1.82, 2.24) is 5.32 Å². The van der Waals surface area contributed by atoms with Crippen LogP contribution in [-0.2, 0) is 17.9 Å². The van der Waals surface area contributed by atoms with Gasteiger partial charge in [0.05, 0.1) is 12.6 Å². The Bertz CT molecular complexity index is 358. The molecule has 3 nitrogen and oxygen atoms in total. The molecule has 1 unspecified atom stereocenters. The van der Waals surface area contributed by atoms with Crippen LogP contribution in [0.4, 0.5) is 0 Å². The van der Waals surface area contributed by atoms with Gasteiger partial charge in [-0.15, -0.1) is 0 Å². The first-order chi connectivity index (χ1) is 9.02. The van der Waals surface area contributed by atoms with Crippen molar-refractivity contribution < 1.29 is 9.15 Å². The van der Waals surface area contributed by atoms with Crippen molar-refractivity contribution in [2.75, 3.05) is 6.54 Å². The summed E-state index contributed by atoms with van der Waals surface area (Å²) >= 11 is 0. The van der Waals surface area contributed by atoms with Crippen molar-refractivity contribution in [2.45, 2.75) is 66.7 Å². The maximum atomic E-state index is 5.83. The number of nitrogens with one attached hydrogen (secondary N) is 1. The van der Waals surface area contributed by atoms with Gasteiger partial charge in [-0.1, -0.05) is 20.8 Å². The quantitative estimate of drug-likeness (QED) is 0.686.